The third-order valence-corrected chi connectivity index (χ3v) is 3.12. The van der Waals surface area contributed by atoms with Crippen LogP contribution >= 0.6 is 0 Å². The zero-order valence-electron chi connectivity index (χ0n) is 12.1. The molecule has 0 aliphatic rings. The van der Waals surface area contributed by atoms with Crippen molar-refractivity contribution in [2.75, 3.05) is 19.0 Å². The Balaban J connectivity index is 2.10. The van der Waals surface area contributed by atoms with E-state index in [-0.39, 0.29) is 5.91 Å². The molecule has 2 aromatic carbocycles. The summed E-state index contributed by atoms with van der Waals surface area (Å²) in [6.45, 7) is 1.10. The lowest BCUT2D eigenvalue weighted by Gasteiger charge is -2.08. The molecule has 3 N–H and O–H groups in total. The Morgan fingerprint density at radius 2 is 1.90 bits per heavy atom. The van der Waals surface area contributed by atoms with Crippen LogP contribution < -0.4 is 11.1 Å². The van der Waals surface area contributed by atoms with E-state index in [1.54, 1.807) is 13.2 Å². The fourth-order valence-corrected chi connectivity index (χ4v) is 2.14. The van der Waals surface area contributed by atoms with Gasteiger partial charge in [0.2, 0.25) is 0 Å². The van der Waals surface area contributed by atoms with Crippen molar-refractivity contribution < 1.29 is 9.53 Å². The number of benzene rings is 2. The maximum Gasteiger partial charge on any atom is 0.255 e. The first kappa shape index (κ1) is 15.2. The van der Waals surface area contributed by atoms with E-state index in [0.29, 0.717) is 18.7 Å². The number of carbonyl (C=O) groups excluding carboxylic acids is 1. The highest BCUT2D eigenvalue weighted by atomic mass is 16.5. The van der Waals surface area contributed by atoms with E-state index >= 15 is 0 Å². The zero-order valence-corrected chi connectivity index (χ0v) is 12.1. The van der Waals surface area contributed by atoms with Crippen LogP contribution in [0.25, 0.3) is 0 Å². The Morgan fingerprint density at radius 1 is 1.14 bits per heavy atom. The monoisotopic (exact) mass is 284 g/mol. The molecule has 0 aromatic heterocycles. The molecule has 2 rings (SSSR count). The summed E-state index contributed by atoms with van der Waals surface area (Å²) in [7, 11) is 1.65. The molecule has 2 aromatic rings. The summed E-state index contributed by atoms with van der Waals surface area (Å²) in [4.78, 5) is 12.3. The quantitative estimate of drug-likeness (QED) is 0.857. The van der Waals surface area contributed by atoms with Gasteiger partial charge in [-0.1, -0.05) is 24.3 Å². The lowest BCUT2D eigenvalue weighted by atomic mass is 10.1. The lowest BCUT2D eigenvalue weighted by molar-refractivity contribution is 0.102. The molecular weight excluding hydrogens is 264 g/mol. The van der Waals surface area contributed by atoms with Gasteiger partial charge in [0.05, 0.1) is 6.61 Å². The Bertz CT molecular complexity index is 611. The molecule has 0 bridgehead atoms. The second kappa shape index (κ2) is 7.57. The van der Waals surface area contributed by atoms with Gasteiger partial charge < -0.3 is 15.8 Å². The molecule has 0 spiro atoms. The SMILES string of the molecule is COCc1cccc(NC(=O)c2cccc(CCN)c2)c1. The fourth-order valence-electron chi connectivity index (χ4n) is 2.14. The van der Waals surface area contributed by atoms with Crippen molar-refractivity contribution in [2.45, 2.75) is 13.0 Å². The van der Waals surface area contributed by atoms with Gasteiger partial charge in [0, 0.05) is 18.4 Å². The van der Waals surface area contributed by atoms with Crippen molar-refractivity contribution in [3.63, 3.8) is 0 Å². The molecule has 0 saturated heterocycles. The van der Waals surface area contributed by atoms with Gasteiger partial charge in [0.1, 0.15) is 0 Å². The minimum Gasteiger partial charge on any atom is -0.380 e. The van der Waals surface area contributed by atoms with Crippen LogP contribution in [0.15, 0.2) is 48.5 Å². The summed E-state index contributed by atoms with van der Waals surface area (Å²) in [5, 5.41) is 2.90. The fraction of sp³-hybridized carbons (Fsp3) is 0.235. The second-order valence-electron chi connectivity index (χ2n) is 4.83. The van der Waals surface area contributed by atoms with Crippen LogP contribution in [0.3, 0.4) is 0 Å². The average molecular weight is 284 g/mol. The number of nitrogens with two attached hydrogens (primary N) is 1. The summed E-state index contributed by atoms with van der Waals surface area (Å²) >= 11 is 0. The number of methoxy groups -OCH3 is 1. The normalized spacial score (nSPS) is 10.4. The number of amides is 1. The molecule has 0 aliphatic heterocycles. The van der Waals surface area contributed by atoms with Crippen LogP contribution in [-0.2, 0) is 17.8 Å². The van der Waals surface area contributed by atoms with Crippen molar-refractivity contribution in [1.29, 1.82) is 0 Å². The van der Waals surface area contributed by atoms with Crippen LogP contribution in [0.4, 0.5) is 5.69 Å². The lowest BCUT2D eigenvalue weighted by Crippen LogP contribution is -2.13. The van der Waals surface area contributed by atoms with Crippen molar-refractivity contribution >= 4 is 11.6 Å². The maximum atomic E-state index is 12.3. The van der Waals surface area contributed by atoms with Gasteiger partial charge in [0.15, 0.2) is 0 Å². The predicted molar refractivity (Wildman–Crippen MR) is 84.3 cm³/mol. The molecule has 0 saturated carbocycles. The zero-order chi connectivity index (χ0) is 15.1. The standard InChI is InChI=1S/C17H20N2O2/c1-21-12-14-5-3-7-16(11-14)19-17(20)15-6-2-4-13(10-15)8-9-18/h2-7,10-11H,8-9,12,18H2,1H3,(H,19,20). The first-order valence-electron chi connectivity index (χ1n) is 6.91. The minimum absolute atomic E-state index is 0.122. The molecule has 1 amide bonds. The van der Waals surface area contributed by atoms with Gasteiger partial charge in [-0.25, -0.2) is 0 Å². The van der Waals surface area contributed by atoms with Gasteiger partial charge in [-0.15, -0.1) is 0 Å². The third kappa shape index (κ3) is 4.41. The van der Waals surface area contributed by atoms with E-state index in [1.807, 2.05) is 42.5 Å². The van der Waals surface area contributed by atoms with Crippen LogP contribution in [-0.4, -0.2) is 19.6 Å². The van der Waals surface area contributed by atoms with Crippen LogP contribution in [0, 0.1) is 0 Å². The van der Waals surface area contributed by atoms with Gasteiger partial charge in [-0.3, -0.25) is 4.79 Å². The number of hydrogen-bond acceptors (Lipinski definition) is 3. The molecule has 21 heavy (non-hydrogen) atoms. The highest BCUT2D eigenvalue weighted by Crippen LogP contribution is 2.14. The Hall–Kier alpha value is -2.17. The smallest absolute Gasteiger partial charge is 0.255 e. The van der Waals surface area contributed by atoms with Crippen LogP contribution in [0.2, 0.25) is 0 Å². The molecule has 0 fully saturated rings. The summed E-state index contributed by atoms with van der Waals surface area (Å²) < 4.78 is 5.09. The van der Waals surface area contributed by atoms with Crippen LogP contribution in [0.5, 0.6) is 0 Å². The molecule has 0 radical (unpaired) electrons. The number of hydrogen-bond donors (Lipinski definition) is 2. The molecule has 0 atom stereocenters. The summed E-state index contributed by atoms with van der Waals surface area (Å²) in [6, 6.07) is 15.2. The van der Waals surface area contributed by atoms with Gasteiger partial charge in [0.25, 0.3) is 5.91 Å². The first-order valence-corrected chi connectivity index (χ1v) is 6.91. The number of anilines is 1. The molecule has 110 valence electrons. The third-order valence-electron chi connectivity index (χ3n) is 3.12. The van der Waals surface area contributed by atoms with Gasteiger partial charge in [-0.05, 0) is 48.4 Å². The Labute approximate surface area is 124 Å². The Kier molecular flexibility index (Phi) is 5.49. The topological polar surface area (TPSA) is 64.3 Å². The first-order chi connectivity index (χ1) is 10.2. The average Bonchev–Trinajstić information content (AvgIpc) is 2.48. The molecule has 4 heteroatoms. The van der Waals surface area contributed by atoms with E-state index in [9.17, 15) is 4.79 Å². The summed E-state index contributed by atoms with van der Waals surface area (Å²) in [5.74, 6) is -0.122. The number of nitrogens with one attached hydrogen (secondary N) is 1. The minimum atomic E-state index is -0.122. The molecule has 0 heterocycles. The summed E-state index contributed by atoms with van der Waals surface area (Å²) in [6.07, 6.45) is 0.768. The van der Waals surface area contributed by atoms with E-state index in [1.165, 1.54) is 0 Å². The highest BCUT2D eigenvalue weighted by molar-refractivity contribution is 6.04. The van der Waals surface area contributed by atoms with Gasteiger partial charge in [-0.2, -0.15) is 0 Å². The Morgan fingerprint density at radius 3 is 2.67 bits per heavy atom. The van der Waals surface area contributed by atoms with Gasteiger partial charge >= 0.3 is 0 Å². The number of ether oxygens (including phenoxy) is 1. The van der Waals surface area contributed by atoms with Crippen molar-refractivity contribution in [3.05, 3.63) is 65.2 Å². The van der Waals surface area contributed by atoms with Crippen molar-refractivity contribution in [2.24, 2.45) is 5.73 Å². The largest absolute Gasteiger partial charge is 0.380 e. The highest BCUT2D eigenvalue weighted by Gasteiger charge is 2.07. The number of carbonyl (C=O) groups is 1. The van der Waals surface area contributed by atoms with E-state index in [4.69, 9.17) is 10.5 Å². The van der Waals surface area contributed by atoms with E-state index < -0.39 is 0 Å². The maximum absolute atomic E-state index is 12.3. The summed E-state index contributed by atoms with van der Waals surface area (Å²) in [5.41, 5.74) is 9.03. The molecule has 0 aliphatic carbocycles. The number of rotatable bonds is 6. The van der Waals surface area contributed by atoms with E-state index in [0.717, 1.165) is 23.2 Å². The van der Waals surface area contributed by atoms with Crippen molar-refractivity contribution in [3.8, 4) is 0 Å². The van der Waals surface area contributed by atoms with Crippen LogP contribution in [0.1, 0.15) is 21.5 Å². The molecule has 0 unspecified atom stereocenters. The predicted octanol–water partition coefficient (Wildman–Crippen LogP) is 2.59. The van der Waals surface area contributed by atoms with Crippen molar-refractivity contribution in [1.82, 2.24) is 0 Å². The molecular formula is C17H20N2O2. The second-order valence-corrected chi connectivity index (χ2v) is 4.83. The van der Waals surface area contributed by atoms with E-state index in [2.05, 4.69) is 5.32 Å². The molecule has 4 nitrogen and oxygen atoms in total.